The van der Waals surface area contributed by atoms with Crippen LogP contribution in [0.3, 0.4) is 0 Å². The van der Waals surface area contributed by atoms with Gasteiger partial charge in [0.15, 0.2) is 0 Å². The quantitative estimate of drug-likeness (QED) is 0.722. The van der Waals surface area contributed by atoms with Crippen molar-refractivity contribution in [2.45, 2.75) is 31.7 Å². The average Bonchev–Trinajstić information content (AvgIpc) is 2.92. The van der Waals surface area contributed by atoms with E-state index in [4.69, 9.17) is 0 Å². The fourth-order valence-electron chi connectivity index (χ4n) is 3.78. The Bertz CT molecular complexity index is 740. The highest BCUT2D eigenvalue weighted by molar-refractivity contribution is 7.86. The normalized spacial score (nSPS) is 21.0. The molecule has 11 heteroatoms. The zero-order valence-electron chi connectivity index (χ0n) is 16.6. The van der Waals surface area contributed by atoms with Gasteiger partial charge in [0.25, 0.3) is 10.2 Å². The van der Waals surface area contributed by atoms with Gasteiger partial charge < -0.3 is 10.2 Å². The first-order valence-corrected chi connectivity index (χ1v) is 11.0. The number of aryl methyl sites for hydroxylation is 1. The third-order valence-corrected chi connectivity index (χ3v) is 7.40. The molecule has 0 aliphatic carbocycles. The maximum Gasteiger partial charge on any atom is 0.282 e. The number of piperazine rings is 1. The van der Waals surface area contributed by atoms with E-state index < -0.39 is 16.3 Å². The molecular formula is C17H31ClN6O3S. The lowest BCUT2D eigenvalue weighted by atomic mass is 10.1. The van der Waals surface area contributed by atoms with Crippen LogP contribution in [0.15, 0.2) is 12.4 Å². The first-order chi connectivity index (χ1) is 12.9. The van der Waals surface area contributed by atoms with E-state index >= 15 is 0 Å². The van der Waals surface area contributed by atoms with E-state index in [1.54, 1.807) is 27.1 Å². The van der Waals surface area contributed by atoms with Crippen molar-refractivity contribution in [1.82, 2.24) is 28.6 Å². The number of likely N-dealkylation sites (N-methyl/N-ethyl adjacent to an activating group) is 1. The summed E-state index contributed by atoms with van der Waals surface area (Å²) in [5.41, 5.74) is 0.810. The van der Waals surface area contributed by atoms with Crippen molar-refractivity contribution in [1.29, 1.82) is 0 Å². The Balaban J connectivity index is 0.00000280. The van der Waals surface area contributed by atoms with Gasteiger partial charge in [-0.1, -0.05) is 12.8 Å². The van der Waals surface area contributed by atoms with Gasteiger partial charge in [-0.15, -0.1) is 12.4 Å². The minimum atomic E-state index is -3.43. The van der Waals surface area contributed by atoms with Crippen molar-refractivity contribution in [3.8, 4) is 0 Å². The van der Waals surface area contributed by atoms with Crippen LogP contribution in [0.4, 0.5) is 0 Å². The molecule has 3 rings (SSSR count). The van der Waals surface area contributed by atoms with Crippen molar-refractivity contribution >= 4 is 28.5 Å². The molecule has 0 radical (unpaired) electrons. The zero-order chi connectivity index (χ0) is 19.4. The highest BCUT2D eigenvalue weighted by Gasteiger charge is 2.35. The standard InChI is InChI=1S/C17H30N6O3S.ClH/c1-18-16(15-13-19-20(2)14-15)17(24)21-9-11-23(12-10-21)27(25,26)22-7-5-3-4-6-8-22;/h13-14,16,18H,3-12H2,1-2H3;1H. The monoisotopic (exact) mass is 434 g/mol. The van der Waals surface area contributed by atoms with Crippen LogP contribution >= 0.6 is 12.4 Å². The van der Waals surface area contributed by atoms with E-state index in [1.807, 2.05) is 13.2 Å². The van der Waals surface area contributed by atoms with E-state index in [-0.39, 0.29) is 18.3 Å². The first kappa shape index (κ1) is 23.1. The van der Waals surface area contributed by atoms with Gasteiger partial charge in [0.1, 0.15) is 6.04 Å². The van der Waals surface area contributed by atoms with Gasteiger partial charge in [-0.25, -0.2) is 0 Å². The molecule has 1 aromatic heterocycles. The lowest BCUT2D eigenvalue weighted by Crippen LogP contribution is -2.55. The second-order valence-corrected chi connectivity index (χ2v) is 9.14. The van der Waals surface area contributed by atoms with Crippen LogP contribution in [0.1, 0.15) is 37.3 Å². The number of carbonyl (C=O) groups is 1. The molecule has 160 valence electrons. The Morgan fingerprint density at radius 1 is 1.04 bits per heavy atom. The lowest BCUT2D eigenvalue weighted by Gasteiger charge is -2.37. The third-order valence-electron chi connectivity index (χ3n) is 5.36. The summed E-state index contributed by atoms with van der Waals surface area (Å²) in [6, 6.07) is -0.465. The topological polar surface area (TPSA) is 90.8 Å². The molecule has 28 heavy (non-hydrogen) atoms. The van der Waals surface area contributed by atoms with E-state index in [0.29, 0.717) is 39.3 Å². The number of hydrogen-bond acceptors (Lipinski definition) is 5. The molecule has 1 atom stereocenters. The molecule has 1 N–H and O–H groups in total. The minimum absolute atomic E-state index is 0. The summed E-state index contributed by atoms with van der Waals surface area (Å²) < 4.78 is 30.6. The summed E-state index contributed by atoms with van der Waals surface area (Å²) in [6.07, 6.45) is 7.53. The SMILES string of the molecule is CNC(C(=O)N1CCN(S(=O)(=O)N2CCCCCC2)CC1)c1cnn(C)c1.Cl. The zero-order valence-corrected chi connectivity index (χ0v) is 18.2. The Morgan fingerprint density at radius 3 is 2.11 bits per heavy atom. The summed E-state index contributed by atoms with van der Waals surface area (Å²) in [5.74, 6) is -0.0441. The highest BCUT2D eigenvalue weighted by Crippen LogP contribution is 2.20. The van der Waals surface area contributed by atoms with Gasteiger partial charge >= 0.3 is 0 Å². The maximum absolute atomic E-state index is 12.9. The van der Waals surface area contributed by atoms with Crippen LogP contribution in [-0.2, 0) is 22.1 Å². The molecule has 2 saturated heterocycles. The average molecular weight is 435 g/mol. The van der Waals surface area contributed by atoms with Crippen LogP contribution in [-0.4, -0.2) is 83.9 Å². The molecule has 0 spiro atoms. The molecule has 3 heterocycles. The van der Waals surface area contributed by atoms with Crippen LogP contribution in [0.5, 0.6) is 0 Å². The maximum atomic E-state index is 12.9. The summed E-state index contributed by atoms with van der Waals surface area (Å²) in [4.78, 5) is 14.6. The lowest BCUT2D eigenvalue weighted by molar-refractivity contribution is -0.134. The number of aromatic nitrogens is 2. The first-order valence-electron chi connectivity index (χ1n) is 9.63. The molecule has 0 bridgehead atoms. The van der Waals surface area contributed by atoms with Crippen molar-refractivity contribution < 1.29 is 13.2 Å². The third kappa shape index (κ3) is 5.04. The molecule has 2 aliphatic heterocycles. The van der Waals surface area contributed by atoms with Crippen LogP contribution < -0.4 is 5.32 Å². The Morgan fingerprint density at radius 2 is 1.61 bits per heavy atom. The number of halogens is 1. The Labute approximate surface area is 173 Å². The van der Waals surface area contributed by atoms with Gasteiger partial charge in [-0.2, -0.15) is 22.1 Å². The molecule has 1 unspecified atom stereocenters. The minimum Gasteiger partial charge on any atom is -0.338 e. The molecule has 1 aromatic rings. The number of nitrogens with zero attached hydrogens (tertiary/aromatic N) is 5. The molecule has 0 saturated carbocycles. The molecule has 0 aromatic carbocycles. The van der Waals surface area contributed by atoms with E-state index in [2.05, 4.69) is 10.4 Å². The number of amides is 1. The van der Waals surface area contributed by atoms with Crippen molar-refractivity contribution in [2.75, 3.05) is 46.3 Å². The molecular weight excluding hydrogens is 404 g/mol. The fourth-order valence-corrected chi connectivity index (χ4v) is 5.45. The Kier molecular flexibility index (Phi) is 8.26. The summed E-state index contributed by atoms with van der Waals surface area (Å²) in [6.45, 7) is 2.70. The van der Waals surface area contributed by atoms with Gasteiger partial charge in [0, 0.05) is 58.1 Å². The summed E-state index contributed by atoms with van der Waals surface area (Å²) in [7, 11) is 0.126. The molecule has 1 amide bonds. The smallest absolute Gasteiger partial charge is 0.282 e. The van der Waals surface area contributed by atoms with Crippen LogP contribution in [0.2, 0.25) is 0 Å². The summed E-state index contributed by atoms with van der Waals surface area (Å²) >= 11 is 0. The van der Waals surface area contributed by atoms with E-state index in [0.717, 1.165) is 31.2 Å². The highest BCUT2D eigenvalue weighted by atomic mass is 35.5. The van der Waals surface area contributed by atoms with Crippen LogP contribution in [0.25, 0.3) is 0 Å². The van der Waals surface area contributed by atoms with Gasteiger partial charge in [-0.05, 0) is 19.9 Å². The van der Waals surface area contributed by atoms with Crippen molar-refractivity contribution in [3.05, 3.63) is 18.0 Å². The Hall–Kier alpha value is -1.20. The number of hydrogen-bond donors (Lipinski definition) is 1. The van der Waals surface area contributed by atoms with Crippen molar-refractivity contribution in [3.63, 3.8) is 0 Å². The predicted octanol–water partition coefficient (Wildman–Crippen LogP) is 0.367. The van der Waals surface area contributed by atoms with Crippen LogP contribution in [0, 0.1) is 0 Å². The predicted molar refractivity (Wildman–Crippen MR) is 109 cm³/mol. The van der Waals surface area contributed by atoms with Gasteiger partial charge in [0.2, 0.25) is 5.91 Å². The number of carbonyl (C=O) groups excluding carboxylic acids is 1. The largest absolute Gasteiger partial charge is 0.338 e. The van der Waals surface area contributed by atoms with Gasteiger partial charge in [0.05, 0.1) is 6.20 Å². The van der Waals surface area contributed by atoms with E-state index in [9.17, 15) is 13.2 Å². The molecule has 2 fully saturated rings. The fraction of sp³-hybridized carbons (Fsp3) is 0.765. The second kappa shape index (κ2) is 10.0. The van der Waals surface area contributed by atoms with Crippen molar-refractivity contribution in [2.24, 2.45) is 7.05 Å². The van der Waals surface area contributed by atoms with E-state index in [1.165, 1.54) is 4.31 Å². The molecule has 2 aliphatic rings. The second-order valence-electron chi connectivity index (χ2n) is 7.21. The molecule has 9 nitrogen and oxygen atoms in total. The summed E-state index contributed by atoms with van der Waals surface area (Å²) in [5, 5.41) is 7.17. The number of nitrogens with one attached hydrogen (secondary N) is 1. The number of rotatable bonds is 5. The van der Waals surface area contributed by atoms with Gasteiger partial charge in [-0.3, -0.25) is 9.48 Å².